The molecule has 4 nitrogen and oxygen atoms in total. The van der Waals surface area contributed by atoms with Crippen molar-refractivity contribution in [3.05, 3.63) is 58.2 Å². The van der Waals surface area contributed by atoms with Gasteiger partial charge in [0.25, 0.3) is 5.91 Å². The van der Waals surface area contributed by atoms with Crippen LogP contribution in [0.25, 0.3) is 10.9 Å². The number of hydrogen-bond donors (Lipinski definition) is 0. The highest BCUT2D eigenvalue weighted by molar-refractivity contribution is 7.12. The number of anilines is 1. The van der Waals surface area contributed by atoms with E-state index in [2.05, 4.69) is 21.7 Å². The fourth-order valence-corrected chi connectivity index (χ4v) is 4.91. The molecule has 4 rings (SSSR count). The van der Waals surface area contributed by atoms with Gasteiger partial charge in [0, 0.05) is 42.4 Å². The number of rotatable bonds is 5. The first kappa shape index (κ1) is 19.8. The zero-order valence-corrected chi connectivity index (χ0v) is 17.7. The van der Waals surface area contributed by atoms with Gasteiger partial charge in [0.15, 0.2) is 0 Å². The van der Waals surface area contributed by atoms with Crippen LogP contribution in [0.1, 0.15) is 41.6 Å². The highest BCUT2D eigenvalue weighted by Crippen LogP contribution is 2.31. The van der Waals surface area contributed by atoms with Gasteiger partial charge in [0.05, 0.1) is 4.88 Å². The SMILES string of the molecule is CCCN(C(=O)c1cccs1)C1CCN(c2cc(C)nc3c(F)cccc23)CC1. The van der Waals surface area contributed by atoms with Gasteiger partial charge in [0.2, 0.25) is 0 Å². The number of halogens is 1. The molecular formula is C23H26FN3OS. The molecule has 29 heavy (non-hydrogen) atoms. The first-order valence-electron chi connectivity index (χ1n) is 10.2. The van der Waals surface area contributed by atoms with Crippen molar-refractivity contribution in [3.8, 4) is 0 Å². The van der Waals surface area contributed by atoms with Crippen LogP contribution in [0.15, 0.2) is 41.8 Å². The highest BCUT2D eigenvalue weighted by Gasteiger charge is 2.29. The van der Waals surface area contributed by atoms with Gasteiger partial charge in [-0.15, -0.1) is 11.3 Å². The van der Waals surface area contributed by atoms with E-state index in [0.29, 0.717) is 5.52 Å². The van der Waals surface area contributed by atoms with Gasteiger partial charge in [-0.25, -0.2) is 9.37 Å². The maximum Gasteiger partial charge on any atom is 0.264 e. The lowest BCUT2D eigenvalue weighted by molar-refractivity contribution is 0.0655. The molecule has 1 amide bonds. The number of nitrogens with zero attached hydrogens (tertiary/aromatic N) is 3. The van der Waals surface area contributed by atoms with Crippen LogP contribution in [0.5, 0.6) is 0 Å². The van der Waals surface area contributed by atoms with Crippen molar-refractivity contribution in [2.24, 2.45) is 0 Å². The van der Waals surface area contributed by atoms with Crippen LogP contribution >= 0.6 is 11.3 Å². The minimum absolute atomic E-state index is 0.146. The molecule has 0 bridgehead atoms. The summed E-state index contributed by atoms with van der Waals surface area (Å²) in [6, 6.07) is 11.3. The lowest BCUT2D eigenvalue weighted by Crippen LogP contribution is -2.47. The average Bonchev–Trinajstić information content (AvgIpc) is 3.27. The summed E-state index contributed by atoms with van der Waals surface area (Å²) in [4.78, 5) is 22.6. The lowest BCUT2D eigenvalue weighted by atomic mass is 10.0. The van der Waals surface area contributed by atoms with E-state index in [9.17, 15) is 9.18 Å². The number of aromatic nitrogens is 1. The lowest BCUT2D eigenvalue weighted by Gasteiger charge is -2.39. The van der Waals surface area contributed by atoms with Crippen LogP contribution in [0.4, 0.5) is 10.1 Å². The Hall–Kier alpha value is -2.47. The van der Waals surface area contributed by atoms with Gasteiger partial charge >= 0.3 is 0 Å². The maximum atomic E-state index is 14.3. The van der Waals surface area contributed by atoms with Crippen LogP contribution in [0.2, 0.25) is 0 Å². The number of carbonyl (C=O) groups excluding carboxylic acids is 1. The summed E-state index contributed by atoms with van der Waals surface area (Å²) in [5.74, 6) is -0.134. The van der Waals surface area contributed by atoms with Gasteiger partial charge in [0.1, 0.15) is 11.3 Å². The molecule has 3 aromatic rings. The molecule has 0 atom stereocenters. The summed E-state index contributed by atoms with van der Waals surface area (Å²) in [6.45, 7) is 6.49. The molecular weight excluding hydrogens is 385 g/mol. The molecule has 2 aromatic heterocycles. The number of thiophene rings is 1. The van der Waals surface area contributed by atoms with Crippen molar-refractivity contribution in [3.63, 3.8) is 0 Å². The molecule has 0 unspecified atom stereocenters. The minimum Gasteiger partial charge on any atom is -0.371 e. The average molecular weight is 412 g/mol. The molecule has 0 aliphatic carbocycles. The molecule has 0 radical (unpaired) electrons. The number of para-hydroxylation sites is 1. The van der Waals surface area contributed by atoms with Crippen LogP contribution in [-0.4, -0.2) is 41.5 Å². The largest absolute Gasteiger partial charge is 0.371 e. The van der Waals surface area contributed by atoms with Crippen LogP contribution in [-0.2, 0) is 0 Å². The van der Waals surface area contributed by atoms with E-state index >= 15 is 0 Å². The number of piperidine rings is 1. The maximum absolute atomic E-state index is 14.3. The predicted octanol–water partition coefficient (Wildman–Crippen LogP) is 5.27. The third-order valence-corrected chi connectivity index (χ3v) is 6.46. The van der Waals surface area contributed by atoms with Gasteiger partial charge in [-0.3, -0.25) is 4.79 Å². The van der Waals surface area contributed by atoms with E-state index in [1.807, 2.05) is 36.6 Å². The number of carbonyl (C=O) groups is 1. The third-order valence-electron chi connectivity index (χ3n) is 5.60. The van der Waals surface area contributed by atoms with Crippen LogP contribution < -0.4 is 4.90 Å². The number of aryl methyl sites for hydroxylation is 1. The summed E-state index contributed by atoms with van der Waals surface area (Å²) < 4.78 is 14.3. The Labute approximate surface area is 175 Å². The topological polar surface area (TPSA) is 36.4 Å². The van der Waals surface area contributed by atoms with E-state index in [4.69, 9.17) is 0 Å². The zero-order chi connectivity index (χ0) is 20.4. The monoisotopic (exact) mass is 411 g/mol. The Morgan fingerprint density at radius 2 is 2.07 bits per heavy atom. The third kappa shape index (κ3) is 3.99. The zero-order valence-electron chi connectivity index (χ0n) is 16.9. The summed E-state index contributed by atoms with van der Waals surface area (Å²) in [5.41, 5.74) is 2.29. The summed E-state index contributed by atoms with van der Waals surface area (Å²) >= 11 is 1.51. The molecule has 0 spiro atoms. The Kier molecular flexibility index (Phi) is 5.81. The molecule has 1 aromatic carbocycles. The quantitative estimate of drug-likeness (QED) is 0.574. The van der Waals surface area contributed by atoms with E-state index in [1.54, 1.807) is 6.07 Å². The Balaban J connectivity index is 1.54. The van der Waals surface area contributed by atoms with Crippen LogP contribution in [0.3, 0.4) is 0 Å². The smallest absolute Gasteiger partial charge is 0.264 e. The molecule has 1 fully saturated rings. The molecule has 3 heterocycles. The molecule has 1 saturated heterocycles. The molecule has 0 saturated carbocycles. The van der Waals surface area contributed by atoms with Gasteiger partial charge < -0.3 is 9.80 Å². The summed E-state index contributed by atoms with van der Waals surface area (Å²) in [6.07, 6.45) is 2.77. The Morgan fingerprint density at radius 1 is 1.28 bits per heavy atom. The van der Waals surface area contributed by atoms with E-state index < -0.39 is 0 Å². The number of benzene rings is 1. The second-order valence-electron chi connectivity index (χ2n) is 7.61. The van der Waals surface area contributed by atoms with Crippen molar-refractivity contribution in [1.29, 1.82) is 0 Å². The molecule has 152 valence electrons. The predicted molar refractivity (Wildman–Crippen MR) is 117 cm³/mol. The van der Waals surface area contributed by atoms with Crippen molar-refractivity contribution < 1.29 is 9.18 Å². The highest BCUT2D eigenvalue weighted by atomic mass is 32.1. The van der Waals surface area contributed by atoms with Gasteiger partial charge in [-0.05, 0) is 49.8 Å². The van der Waals surface area contributed by atoms with Crippen LogP contribution in [0, 0.1) is 12.7 Å². The molecule has 0 N–H and O–H groups in total. The number of pyridine rings is 1. The normalized spacial score (nSPS) is 15.1. The summed E-state index contributed by atoms with van der Waals surface area (Å²) in [7, 11) is 0. The Morgan fingerprint density at radius 3 is 2.76 bits per heavy atom. The second-order valence-corrected chi connectivity index (χ2v) is 8.56. The van der Waals surface area contributed by atoms with Gasteiger partial charge in [-0.1, -0.05) is 25.1 Å². The fraction of sp³-hybridized carbons (Fsp3) is 0.391. The van der Waals surface area contributed by atoms with Gasteiger partial charge in [-0.2, -0.15) is 0 Å². The number of amides is 1. The van der Waals surface area contributed by atoms with Crippen molar-refractivity contribution in [2.45, 2.75) is 39.2 Å². The number of hydrogen-bond acceptors (Lipinski definition) is 4. The molecule has 1 aliphatic heterocycles. The fourth-order valence-electron chi connectivity index (χ4n) is 4.23. The first-order chi connectivity index (χ1) is 14.1. The van der Waals surface area contributed by atoms with Crippen molar-refractivity contribution in [1.82, 2.24) is 9.88 Å². The first-order valence-corrected chi connectivity index (χ1v) is 11.1. The number of fused-ring (bicyclic) bond motifs is 1. The summed E-state index contributed by atoms with van der Waals surface area (Å²) in [5, 5.41) is 2.81. The second kappa shape index (κ2) is 8.49. The van der Waals surface area contributed by atoms with Crippen molar-refractivity contribution >= 4 is 33.8 Å². The Bertz CT molecular complexity index is 997. The van der Waals surface area contributed by atoms with E-state index in [-0.39, 0.29) is 17.8 Å². The minimum atomic E-state index is -0.280. The standard InChI is InChI=1S/C23H26FN3OS/c1-3-11-27(23(28)21-8-5-14-29-21)17-9-12-26(13-10-17)20-15-16(2)25-22-18(20)6-4-7-19(22)24/h4-8,14-15,17H,3,9-13H2,1-2H3. The van der Waals surface area contributed by atoms with Crippen molar-refractivity contribution in [2.75, 3.05) is 24.5 Å². The molecule has 6 heteroatoms. The van der Waals surface area contributed by atoms with E-state index in [1.165, 1.54) is 17.4 Å². The molecule has 1 aliphatic rings. The van der Waals surface area contributed by atoms with E-state index in [0.717, 1.165) is 60.5 Å².